The maximum absolute atomic E-state index is 5.36. The van der Waals surface area contributed by atoms with E-state index in [4.69, 9.17) is 4.74 Å². The van der Waals surface area contributed by atoms with Crippen LogP contribution in [0.4, 0.5) is 5.69 Å². The lowest BCUT2D eigenvalue weighted by molar-refractivity contribution is 0.414. The van der Waals surface area contributed by atoms with E-state index in [0.717, 1.165) is 54.0 Å². The number of pyridine rings is 1. The molecule has 0 aliphatic carbocycles. The van der Waals surface area contributed by atoms with Crippen LogP contribution in [-0.4, -0.2) is 40.4 Å². The van der Waals surface area contributed by atoms with Crippen molar-refractivity contribution in [2.45, 2.75) is 18.8 Å². The predicted octanol–water partition coefficient (Wildman–Crippen LogP) is 4.35. The molecule has 1 aliphatic rings. The number of nitrogens with one attached hydrogen (secondary N) is 2. The van der Waals surface area contributed by atoms with Crippen molar-refractivity contribution in [3.8, 4) is 17.0 Å². The van der Waals surface area contributed by atoms with Crippen molar-refractivity contribution < 1.29 is 4.74 Å². The molecule has 0 amide bonds. The number of aromatic nitrogens is 4. The van der Waals surface area contributed by atoms with Crippen LogP contribution >= 0.6 is 0 Å². The lowest BCUT2D eigenvalue weighted by atomic mass is 9.92. The second-order valence-corrected chi connectivity index (χ2v) is 7.27. The number of aromatic amines is 2. The summed E-state index contributed by atoms with van der Waals surface area (Å²) in [7, 11) is 1.71. The summed E-state index contributed by atoms with van der Waals surface area (Å²) < 4.78 is 5.36. The van der Waals surface area contributed by atoms with E-state index in [2.05, 4.69) is 55.4 Å². The molecule has 0 spiro atoms. The smallest absolute Gasteiger partial charge is 0.137 e. The lowest BCUT2D eigenvalue weighted by Crippen LogP contribution is -2.32. The highest BCUT2D eigenvalue weighted by Gasteiger charge is 2.23. The Morgan fingerprint density at radius 1 is 1.11 bits per heavy atom. The molecule has 4 aromatic rings. The standard InChI is InChI=1S/C22H23N5O/c1-28-17-4-2-3-16(13-17)27-11-7-15(8-12-27)20-14-21(26-25-20)18-5-9-23-22-19(18)6-10-24-22/h2-6,9-10,13-15H,7-8,11-12H2,1H3,(H,23,24)(H,25,26). The molecule has 1 saturated heterocycles. The van der Waals surface area contributed by atoms with Crippen molar-refractivity contribution in [2.75, 3.05) is 25.1 Å². The third-order valence-electron chi connectivity index (χ3n) is 5.69. The average molecular weight is 373 g/mol. The van der Waals surface area contributed by atoms with Gasteiger partial charge in [0.1, 0.15) is 11.4 Å². The molecule has 4 heterocycles. The highest BCUT2D eigenvalue weighted by Crippen LogP contribution is 2.33. The number of piperidine rings is 1. The highest BCUT2D eigenvalue weighted by atomic mass is 16.5. The molecule has 0 atom stereocenters. The number of H-pyrrole nitrogens is 2. The van der Waals surface area contributed by atoms with E-state index < -0.39 is 0 Å². The summed E-state index contributed by atoms with van der Waals surface area (Å²) in [5.41, 5.74) is 5.45. The zero-order chi connectivity index (χ0) is 18.9. The van der Waals surface area contributed by atoms with Gasteiger partial charge in [-0.25, -0.2) is 4.98 Å². The van der Waals surface area contributed by atoms with Crippen LogP contribution in [0.1, 0.15) is 24.5 Å². The Labute approximate surface area is 163 Å². The van der Waals surface area contributed by atoms with Crippen LogP contribution in [-0.2, 0) is 0 Å². The number of benzene rings is 1. The molecule has 142 valence electrons. The molecular formula is C22H23N5O. The molecule has 1 fully saturated rings. The van der Waals surface area contributed by atoms with Crippen LogP contribution in [0.2, 0.25) is 0 Å². The van der Waals surface area contributed by atoms with Gasteiger partial charge in [-0.15, -0.1) is 0 Å². The second kappa shape index (κ2) is 7.03. The minimum Gasteiger partial charge on any atom is -0.497 e. The van der Waals surface area contributed by atoms with Gasteiger partial charge in [0, 0.05) is 59.8 Å². The van der Waals surface area contributed by atoms with Gasteiger partial charge in [-0.2, -0.15) is 5.10 Å². The fourth-order valence-corrected chi connectivity index (χ4v) is 4.12. The van der Waals surface area contributed by atoms with Crippen molar-refractivity contribution >= 4 is 16.7 Å². The Bertz CT molecular complexity index is 1090. The molecular weight excluding hydrogens is 350 g/mol. The van der Waals surface area contributed by atoms with Gasteiger partial charge in [-0.1, -0.05) is 6.07 Å². The van der Waals surface area contributed by atoms with E-state index in [1.54, 1.807) is 7.11 Å². The first kappa shape index (κ1) is 16.9. The van der Waals surface area contributed by atoms with Crippen LogP contribution in [0.3, 0.4) is 0 Å². The number of rotatable bonds is 4. The van der Waals surface area contributed by atoms with E-state index in [9.17, 15) is 0 Å². The number of hydrogen-bond donors (Lipinski definition) is 2. The highest BCUT2D eigenvalue weighted by molar-refractivity contribution is 5.91. The predicted molar refractivity (Wildman–Crippen MR) is 111 cm³/mol. The van der Waals surface area contributed by atoms with Gasteiger partial charge >= 0.3 is 0 Å². The minimum absolute atomic E-state index is 0.506. The van der Waals surface area contributed by atoms with Gasteiger partial charge < -0.3 is 14.6 Å². The van der Waals surface area contributed by atoms with Gasteiger partial charge in [0.05, 0.1) is 12.8 Å². The number of anilines is 1. The summed E-state index contributed by atoms with van der Waals surface area (Å²) in [6, 6.07) is 14.6. The van der Waals surface area contributed by atoms with E-state index in [-0.39, 0.29) is 0 Å². The summed E-state index contributed by atoms with van der Waals surface area (Å²) in [5.74, 6) is 1.41. The monoisotopic (exact) mass is 373 g/mol. The number of hydrogen-bond acceptors (Lipinski definition) is 4. The summed E-state index contributed by atoms with van der Waals surface area (Å²) >= 11 is 0. The molecule has 0 bridgehead atoms. The van der Waals surface area contributed by atoms with E-state index in [0.29, 0.717) is 5.92 Å². The fourth-order valence-electron chi connectivity index (χ4n) is 4.12. The molecule has 2 N–H and O–H groups in total. The van der Waals surface area contributed by atoms with Crippen LogP contribution < -0.4 is 9.64 Å². The quantitative estimate of drug-likeness (QED) is 0.558. The molecule has 0 radical (unpaired) electrons. The van der Waals surface area contributed by atoms with E-state index in [1.807, 2.05) is 24.5 Å². The third-order valence-corrected chi connectivity index (χ3v) is 5.69. The lowest BCUT2D eigenvalue weighted by Gasteiger charge is -2.33. The Morgan fingerprint density at radius 2 is 2.00 bits per heavy atom. The van der Waals surface area contributed by atoms with Crippen LogP contribution in [0, 0.1) is 0 Å². The van der Waals surface area contributed by atoms with Crippen molar-refractivity contribution in [2.24, 2.45) is 0 Å². The van der Waals surface area contributed by atoms with Gasteiger partial charge in [-0.05, 0) is 43.2 Å². The zero-order valence-corrected chi connectivity index (χ0v) is 15.9. The summed E-state index contributed by atoms with van der Waals surface area (Å²) in [6.45, 7) is 2.06. The summed E-state index contributed by atoms with van der Waals surface area (Å²) in [4.78, 5) is 9.96. The maximum Gasteiger partial charge on any atom is 0.137 e. The SMILES string of the molecule is COc1cccc(N2CCC(c3cc(-c4ccnc5[nH]ccc45)n[nH]3)CC2)c1. The van der Waals surface area contributed by atoms with Crippen LogP contribution in [0.15, 0.2) is 54.9 Å². The minimum atomic E-state index is 0.506. The summed E-state index contributed by atoms with van der Waals surface area (Å²) in [6.07, 6.45) is 5.96. The number of nitrogens with zero attached hydrogens (tertiary/aromatic N) is 3. The maximum atomic E-state index is 5.36. The molecule has 28 heavy (non-hydrogen) atoms. The molecule has 3 aromatic heterocycles. The topological polar surface area (TPSA) is 69.8 Å². The molecule has 1 aliphatic heterocycles. The van der Waals surface area contributed by atoms with E-state index >= 15 is 0 Å². The largest absolute Gasteiger partial charge is 0.497 e. The normalized spacial score (nSPS) is 15.2. The van der Waals surface area contributed by atoms with Gasteiger partial charge in [0.2, 0.25) is 0 Å². The molecule has 6 nitrogen and oxygen atoms in total. The van der Waals surface area contributed by atoms with E-state index in [1.165, 1.54) is 11.4 Å². The van der Waals surface area contributed by atoms with Gasteiger partial charge in [0.25, 0.3) is 0 Å². The summed E-state index contributed by atoms with van der Waals surface area (Å²) in [5, 5.41) is 8.98. The van der Waals surface area contributed by atoms with Crippen LogP contribution in [0.5, 0.6) is 5.75 Å². The Balaban J connectivity index is 1.32. The first-order valence-electron chi connectivity index (χ1n) is 9.68. The van der Waals surface area contributed by atoms with Crippen LogP contribution in [0.25, 0.3) is 22.3 Å². The molecule has 1 aromatic carbocycles. The second-order valence-electron chi connectivity index (χ2n) is 7.27. The first-order chi connectivity index (χ1) is 13.8. The average Bonchev–Trinajstić information content (AvgIpc) is 3.43. The Kier molecular flexibility index (Phi) is 4.24. The molecule has 0 saturated carbocycles. The molecule has 5 rings (SSSR count). The van der Waals surface area contributed by atoms with Gasteiger partial charge in [-0.3, -0.25) is 5.10 Å². The molecule has 0 unspecified atom stereocenters. The van der Waals surface area contributed by atoms with Gasteiger partial charge in [0.15, 0.2) is 0 Å². The number of fused-ring (bicyclic) bond motifs is 1. The third kappa shape index (κ3) is 3.01. The number of methoxy groups -OCH3 is 1. The van der Waals surface area contributed by atoms with Crippen molar-refractivity contribution in [3.63, 3.8) is 0 Å². The fraction of sp³-hybridized carbons (Fsp3) is 0.273. The first-order valence-corrected chi connectivity index (χ1v) is 9.68. The number of ether oxygens (including phenoxy) is 1. The van der Waals surface area contributed by atoms with Crippen molar-refractivity contribution in [1.29, 1.82) is 0 Å². The Hall–Kier alpha value is -3.28. The van der Waals surface area contributed by atoms with Crippen molar-refractivity contribution in [1.82, 2.24) is 20.2 Å². The van der Waals surface area contributed by atoms with Crippen molar-refractivity contribution in [3.05, 3.63) is 60.6 Å². The zero-order valence-electron chi connectivity index (χ0n) is 15.9. The Morgan fingerprint density at radius 3 is 2.86 bits per heavy atom. The molecule has 6 heteroatoms.